The van der Waals surface area contributed by atoms with Gasteiger partial charge in [-0.15, -0.1) is 0 Å². The van der Waals surface area contributed by atoms with Crippen molar-refractivity contribution in [1.29, 1.82) is 0 Å². The van der Waals surface area contributed by atoms with Crippen molar-refractivity contribution in [2.24, 2.45) is 0 Å². The Hall–Kier alpha value is -1.16. The number of ether oxygens (including phenoxy) is 1. The van der Waals surface area contributed by atoms with E-state index in [9.17, 15) is 0 Å². The molecular formula is C10H15N3O. The Balaban J connectivity index is 2.05. The van der Waals surface area contributed by atoms with Gasteiger partial charge >= 0.3 is 0 Å². The van der Waals surface area contributed by atoms with Gasteiger partial charge in [0.25, 0.3) is 0 Å². The van der Waals surface area contributed by atoms with Gasteiger partial charge < -0.3 is 10.1 Å². The van der Waals surface area contributed by atoms with Crippen molar-refractivity contribution in [3.05, 3.63) is 17.6 Å². The van der Waals surface area contributed by atoms with Crippen LogP contribution in [0.25, 0.3) is 0 Å². The van der Waals surface area contributed by atoms with E-state index in [1.807, 2.05) is 13.8 Å². The summed E-state index contributed by atoms with van der Waals surface area (Å²) in [7, 11) is 0. The monoisotopic (exact) mass is 193 g/mol. The maximum atomic E-state index is 5.68. The number of hydrogen-bond acceptors (Lipinski definition) is 4. The summed E-state index contributed by atoms with van der Waals surface area (Å²) < 4.78 is 5.68. The van der Waals surface area contributed by atoms with E-state index >= 15 is 0 Å². The quantitative estimate of drug-likeness (QED) is 0.756. The molecule has 4 nitrogen and oxygen atoms in total. The highest BCUT2D eigenvalue weighted by atomic mass is 16.5. The van der Waals surface area contributed by atoms with Gasteiger partial charge in [-0.3, -0.25) is 4.98 Å². The molecule has 2 rings (SSSR count). The summed E-state index contributed by atoms with van der Waals surface area (Å²) in [5, 5.41) is 3.25. The molecule has 1 atom stereocenters. The molecule has 1 aliphatic heterocycles. The predicted molar refractivity (Wildman–Crippen MR) is 53.4 cm³/mol. The Labute approximate surface area is 83.7 Å². The van der Waals surface area contributed by atoms with Crippen LogP contribution in [0.5, 0.6) is 5.88 Å². The molecule has 0 unspecified atom stereocenters. The third-order valence-electron chi connectivity index (χ3n) is 2.47. The van der Waals surface area contributed by atoms with Crippen LogP contribution in [0.3, 0.4) is 0 Å². The minimum Gasteiger partial charge on any atom is -0.472 e. The van der Waals surface area contributed by atoms with Gasteiger partial charge in [0.15, 0.2) is 0 Å². The molecule has 0 aromatic carbocycles. The molecule has 1 fully saturated rings. The molecule has 0 spiro atoms. The predicted octanol–water partition coefficient (Wildman–Crippen LogP) is 0.834. The van der Waals surface area contributed by atoms with Gasteiger partial charge in [-0.05, 0) is 26.8 Å². The number of nitrogens with zero attached hydrogens (tertiary/aromatic N) is 2. The van der Waals surface area contributed by atoms with Crippen LogP contribution in [-0.4, -0.2) is 29.2 Å². The summed E-state index contributed by atoms with van der Waals surface area (Å²) in [4.78, 5) is 8.54. The third-order valence-corrected chi connectivity index (χ3v) is 2.47. The fraction of sp³-hybridized carbons (Fsp3) is 0.600. The molecule has 0 saturated carbocycles. The first kappa shape index (κ1) is 9.40. The maximum Gasteiger partial charge on any atom is 0.232 e. The smallest absolute Gasteiger partial charge is 0.232 e. The van der Waals surface area contributed by atoms with Crippen molar-refractivity contribution in [3.63, 3.8) is 0 Å². The number of hydrogen-bond donors (Lipinski definition) is 1. The first-order valence-corrected chi connectivity index (χ1v) is 4.93. The maximum absolute atomic E-state index is 5.68. The summed E-state index contributed by atoms with van der Waals surface area (Å²) in [5.74, 6) is 0.641. The van der Waals surface area contributed by atoms with Crippen molar-refractivity contribution in [1.82, 2.24) is 15.3 Å². The van der Waals surface area contributed by atoms with E-state index in [4.69, 9.17) is 4.74 Å². The molecule has 0 bridgehead atoms. The third kappa shape index (κ3) is 2.01. The summed E-state index contributed by atoms with van der Waals surface area (Å²) in [5.41, 5.74) is 1.90. The molecule has 1 saturated heterocycles. The molecule has 76 valence electrons. The van der Waals surface area contributed by atoms with Crippen LogP contribution in [0.1, 0.15) is 17.8 Å². The first-order valence-electron chi connectivity index (χ1n) is 4.93. The fourth-order valence-electron chi connectivity index (χ4n) is 1.48. The van der Waals surface area contributed by atoms with Crippen LogP contribution in [0.2, 0.25) is 0 Å². The Morgan fingerprint density at radius 1 is 1.43 bits per heavy atom. The normalized spacial score (nSPS) is 21.1. The molecular weight excluding hydrogens is 178 g/mol. The van der Waals surface area contributed by atoms with Crippen molar-refractivity contribution >= 4 is 0 Å². The second-order valence-electron chi connectivity index (χ2n) is 3.61. The SMILES string of the molecule is Cc1ncc(O[C@@H]2CCNC2)nc1C. The largest absolute Gasteiger partial charge is 0.472 e. The molecule has 1 aromatic rings. The van der Waals surface area contributed by atoms with Crippen molar-refractivity contribution in [2.45, 2.75) is 26.4 Å². The van der Waals surface area contributed by atoms with E-state index in [1.165, 1.54) is 0 Å². The molecule has 1 aliphatic rings. The zero-order valence-corrected chi connectivity index (χ0v) is 8.58. The van der Waals surface area contributed by atoms with Gasteiger partial charge in [-0.2, -0.15) is 0 Å². The van der Waals surface area contributed by atoms with Gasteiger partial charge in [-0.25, -0.2) is 4.98 Å². The lowest BCUT2D eigenvalue weighted by Crippen LogP contribution is -2.20. The van der Waals surface area contributed by atoms with Crippen molar-refractivity contribution in [3.8, 4) is 5.88 Å². The first-order chi connectivity index (χ1) is 6.75. The van der Waals surface area contributed by atoms with E-state index in [-0.39, 0.29) is 6.10 Å². The van der Waals surface area contributed by atoms with Gasteiger partial charge in [0.05, 0.1) is 17.6 Å². The van der Waals surface area contributed by atoms with Gasteiger partial charge in [-0.1, -0.05) is 0 Å². The van der Waals surface area contributed by atoms with E-state index in [2.05, 4.69) is 15.3 Å². The molecule has 0 radical (unpaired) electrons. The molecule has 0 amide bonds. The molecule has 14 heavy (non-hydrogen) atoms. The molecule has 1 aromatic heterocycles. The van der Waals surface area contributed by atoms with Gasteiger partial charge in [0.2, 0.25) is 5.88 Å². The van der Waals surface area contributed by atoms with Crippen molar-refractivity contribution in [2.75, 3.05) is 13.1 Å². The fourth-order valence-corrected chi connectivity index (χ4v) is 1.48. The molecule has 1 N–H and O–H groups in total. The summed E-state index contributed by atoms with van der Waals surface area (Å²) >= 11 is 0. The summed E-state index contributed by atoms with van der Waals surface area (Å²) in [6.45, 7) is 5.84. The van der Waals surface area contributed by atoms with Crippen molar-refractivity contribution < 1.29 is 4.74 Å². The number of nitrogens with one attached hydrogen (secondary N) is 1. The zero-order chi connectivity index (χ0) is 9.97. The van der Waals surface area contributed by atoms with Crippen LogP contribution >= 0.6 is 0 Å². The summed E-state index contributed by atoms with van der Waals surface area (Å²) in [6.07, 6.45) is 3.00. The number of aromatic nitrogens is 2. The van der Waals surface area contributed by atoms with Crippen LogP contribution in [-0.2, 0) is 0 Å². The average Bonchev–Trinajstić information content (AvgIpc) is 2.64. The lowest BCUT2D eigenvalue weighted by molar-refractivity contribution is 0.212. The molecule has 2 heterocycles. The highest BCUT2D eigenvalue weighted by molar-refractivity contribution is 5.14. The molecule has 0 aliphatic carbocycles. The van der Waals surface area contributed by atoms with Crippen LogP contribution < -0.4 is 10.1 Å². The molecule has 4 heteroatoms. The topological polar surface area (TPSA) is 47.0 Å². The van der Waals surface area contributed by atoms with Crippen LogP contribution in [0, 0.1) is 13.8 Å². The van der Waals surface area contributed by atoms with E-state index in [0.717, 1.165) is 30.9 Å². The summed E-state index contributed by atoms with van der Waals surface area (Å²) in [6, 6.07) is 0. The Morgan fingerprint density at radius 2 is 2.29 bits per heavy atom. The van der Waals surface area contributed by atoms with Crippen LogP contribution in [0.4, 0.5) is 0 Å². The van der Waals surface area contributed by atoms with E-state index < -0.39 is 0 Å². The highest BCUT2D eigenvalue weighted by Gasteiger charge is 2.16. The second-order valence-corrected chi connectivity index (χ2v) is 3.61. The number of aryl methyl sites for hydroxylation is 2. The highest BCUT2D eigenvalue weighted by Crippen LogP contribution is 2.12. The average molecular weight is 193 g/mol. The number of rotatable bonds is 2. The van der Waals surface area contributed by atoms with Gasteiger partial charge in [0.1, 0.15) is 6.10 Å². The van der Waals surface area contributed by atoms with E-state index in [1.54, 1.807) is 6.20 Å². The van der Waals surface area contributed by atoms with Crippen LogP contribution in [0.15, 0.2) is 6.20 Å². The lowest BCUT2D eigenvalue weighted by atomic mass is 10.3. The van der Waals surface area contributed by atoms with E-state index in [0.29, 0.717) is 5.88 Å². The standard InChI is InChI=1S/C10H15N3O/c1-7-8(2)13-10(6-12-7)14-9-3-4-11-5-9/h6,9,11H,3-5H2,1-2H3/t9-/m1/s1. The Morgan fingerprint density at radius 3 is 2.93 bits per heavy atom. The Kier molecular flexibility index (Phi) is 2.63. The van der Waals surface area contributed by atoms with Gasteiger partial charge in [0, 0.05) is 6.54 Å². The minimum atomic E-state index is 0.256. The second kappa shape index (κ2) is 3.92. The lowest BCUT2D eigenvalue weighted by Gasteiger charge is -2.11. The minimum absolute atomic E-state index is 0.256. The zero-order valence-electron chi connectivity index (χ0n) is 8.58. The Bertz CT molecular complexity index is 321.